The van der Waals surface area contributed by atoms with Crippen molar-refractivity contribution in [2.75, 3.05) is 26.3 Å². The van der Waals surface area contributed by atoms with Gasteiger partial charge in [-0.05, 0) is 107 Å². The minimum atomic E-state index is -0.475. The highest BCUT2D eigenvalue weighted by atomic mass is 35.5. The van der Waals surface area contributed by atoms with E-state index in [4.69, 9.17) is 37.4 Å². The molecule has 1 aliphatic carbocycles. The largest absolute Gasteiger partial charge is 0.490 e. The third-order valence-electron chi connectivity index (χ3n) is 10.8. The average molecular weight is 847 g/mol. The molecule has 0 bridgehead atoms. The number of benzene rings is 2. The lowest BCUT2D eigenvalue weighted by atomic mass is 9.97. The Bertz CT molecular complexity index is 1880. The van der Waals surface area contributed by atoms with Gasteiger partial charge in [-0.25, -0.2) is 4.79 Å². The maximum absolute atomic E-state index is 12.5. The molecule has 8 rings (SSSR count). The standard InChI is InChI=1S/C25H32ClN3O3.C15H15ClN2O.C6H10O.CH4/c1-25(2,3)32-24(30)28-12-9-21(10-13-28)29-16-19-8-11-27-15-23(19)31-17-22(29)14-18-4-6-20(26)7-5-18;16-13-3-1-11(2-4-13)7-14-10-19-15-9-17-6-5-12(15)8-18-14;7-6-4-2-1-3-5-6;/h4-8,11,15,21-22H,9-10,12-14,16-17H2,1-3H3;1-6,9,14,18H,7-8,10H2;1-5H2;1H4. The van der Waals surface area contributed by atoms with Crippen molar-refractivity contribution in [2.24, 2.45) is 0 Å². The molecule has 3 aliphatic heterocycles. The summed E-state index contributed by atoms with van der Waals surface area (Å²) in [6.07, 6.45) is 15.9. The summed E-state index contributed by atoms with van der Waals surface area (Å²) in [4.78, 5) is 35.7. The summed E-state index contributed by atoms with van der Waals surface area (Å²) < 4.78 is 17.6. The van der Waals surface area contributed by atoms with Gasteiger partial charge >= 0.3 is 6.09 Å². The molecule has 0 radical (unpaired) electrons. The molecule has 318 valence electrons. The number of carbonyl (C=O) groups excluding carboxylic acids is 2. The molecule has 0 spiro atoms. The Labute approximate surface area is 360 Å². The maximum atomic E-state index is 12.5. The summed E-state index contributed by atoms with van der Waals surface area (Å²) in [6, 6.07) is 21.0. The molecular formula is C47H61Cl2N5O5. The van der Waals surface area contributed by atoms with E-state index in [9.17, 15) is 9.59 Å². The molecule has 1 N–H and O–H groups in total. The second kappa shape index (κ2) is 22.4. The first kappa shape index (κ1) is 45.9. The van der Waals surface area contributed by atoms with Gasteiger partial charge in [0.15, 0.2) is 0 Å². The summed E-state index contributed by atoms with van der Waals surface area (Å²) in [5.41, 5.74) is 4.34. The number of Topliss-reactive ketones (excluding diaryl/α,β-unsaturated/α-hetero) is 1. The minimum Gasteiger partial charge on any atom is -0.490 e. The summed E-state index contributed by atoms with van der Waals surface area (Å²) in [6.45, 7) is 10.0. The van der Waals surface area contributed by atoms with Crippen molar-refractivity contribution in [3.8, 4) is 11.5 Å². The molecule has 2 aromatic carbocycles. The molecule has 1 amide bonds. The van der Waals surface area contributed by atoms with Gasteiger partial charge in [0.1, 0.15) is 36.1 Å². The van der Waals surface area contributed by atoms with E-state index in [0.717, 1.165) is 97.1 Å². The second-order valence-electron chi connectivity index (χ2n) is 16.5. The SMILES string of the molecule is C.CC(C)(C)OC(=O)N1CCC(N2Cc3ccncc3OCC2Cc2ccc(Cl)cc2)CC1.Clc1ccc(CC2COc3cnccc3CN2)cc1.O=C1CCCCC1. The molecule has 4 aromatic rings. The van der Waals surface area contributed by atoms with Crippen LogP contribution >= 0.6 is 23.2 Å². The molecule has 5 heterocycles. The van der Waals surface area contributed by atoms with Crippen LogP contribution in [-0.4, -0.2) is 81.7 Å². The number of nitrogens with zero attached hydrogens (tertiary/aromatic N) is 4. The van der Waals surface area contributed by atoms with E-state index in [1.54, 1.807) is 12.4 Å². The van der Waals surface area contributed by atoms with Gasteiger partial charge in [0, 0.05) is 90.7 Å². The molecule has 10 nitrogen and oxygen atoms in total. The van der Waals surface area contributed by atoms with Crippen molar-refractivity contribution in [3.05, 3.63) is 118 Å². The molecule has 2 atom stereocenters. The number of pyridine rings is 2. The molecule has 1 saturated heterocycles. The van der Waals surface area contributed by atoms with Crippen LogP contribution in [0.4, 0.5) is 4.79 Å². The van der Waals surface area contributed by atoms with Crippen LogP contribution in [0.1, 0.15) is 95.4 Å². The Kier molecular flexibility index (Phi) is 17.4. The number of carbonyl (C=O) groups is 2. The van der Waals surface area contributed by atoms with Gasteiger partial charge in [0.05, 0.1) is 12.4 Å². The van der Waals surface area contributed by atoms with Gasteiger partial charge in [0.2, 0.25) is 0 Å². The fraction of sp³-hybridized carbons (Fsp3) is 0.489. The first-order chi connectivity index (χ1) is 28.0. The minimum absolute atomic E-state index is 0. The lowest BCUT2D eigenvalue weighted by molar-refractivity contribution is -0.120. The second-order valence-corrected chi connectivity index (χ2v) is 17.3. The lowest BCUT2D eigenvalue weighted by Gasteiger charge is -2.41. The molecule has 4 aliphatic rings. The molecule has 1 saturated carbocycles. The summed E-state index contributed by atoms with van der Waals surface area (Å²) >= 11 is 12.0. The Morgan fingerprint density at radius 3 is 1.93 bits per heavy atom. The number of hydrogen-bond acceptors (Lipinski definition) is 9. The quantitative estimate of drug-likeness (QED) is 0.210. The van der Waals surface area contributed by atoms with Crippen LogP contribution in [-0.2, 0) is 35.5 Å². The highest BCUT2D eigenvalue weighted by molar-refractivity contribution is 6.30. The first-order valence-electron chi connectivity index (χ1n) is 20.6. The highest BCUT2D eigenvalue weighted by Gasteiger charge is 2.35. The zero-order valence-corrected chi connectivity index (χ0v) is 35.5. The van der Waals surface area contributed by atoms with E-state index < -0.39 is 5.60 Å². The van der Waals surface area contributed by atoms with Crippen LogP contribution in [0, 0.1) is 0 Å². The number of ketones is 1. The van der Waals surface area contributed by atoms with E-state index in [-0.39, 0.29) is 19.6 Å². The highest BCUT2D eigenvalue weighted by Crippen LogP contribution is 2.31. The van der Waals surface area contributed by atoms with E-state index in [1.165, 1.54) is 17.5 Å². The Morgan fingerprint density at radius 1 is 0.797 bits per heavy atom. The molecule has 2 fully saturated rings. The Hall–Kier alpha value is -4.22. The average Bonchev–Trinajstić information content (AvgIpc) is 3.54. The van der Waals surface area contributed by atoms with Crippen LogP contribution < -0.4 is 14.8 Å². The number of rotatable bonds is 5. The monoisotopic (exact) mass is 845 g/mol. The Balaban J connectivity index is 0.000000205. The molecular weight excluding hydrogens is 785 g/mol. The predicted molar refractivity (Wildman–Crippen MR) is 235 cm³/mol. The summed E-state index contributed by atoms with van der Waals surface area (Å²) in [5.74, 6) is 2.21. The maximum Gasteiger partial charge on any atom is 0.410 e. The zero-order chi connectivity index (χ0) is 40.9. The van der Waals surface area contributed by atoms with Crippen molar-refractivity contribution in [1.29, 1.82) is 0 Å². The number of hydrogen-bond donors (Lipinski definition) is 1. The van der Waals surface area contributed by atoms with Crippen LogP contribution in [0.15, 0.2) is 85.5 Å². The first-order valence-corrected chi connectivity index (χ1v) is 21.3. The van der Waals surface area contributed by atoms with Crippen molar-refractivity contribution in [3.63, 3.8) is 0 Å². The van der Waals surface area contributed by atoms with Gasteiger partial charge < -0.3 is 24.4 Å². The number of halogens is 2. The van der Waals surface area contributed by atoms with Gasteiger partial charge in [-0.3, -0.25) is 19.7 Å². The van der Waals surface area contributed by atoms with Gasteiger partial charge in [0.25, 0.3) is 0 Å². The number of nitrogens with one attached hydrogen (secondary N) is 1. The molecule has 12 heteroatoms. The van der Waals surface area contributed by atoms with Crippen molar-refractivity contribution < 1.29 is 23.8 Å². The normalized spacial score (nSPS) is 19.5. The zero-order valence-electron chi connectivity index (χ0n) is 34.0. The third kappa shape index (κ3) is 14.5. The number of likely N-dealkylation sites (tertiary alicyclic amines) is 1. The molecule has 2 aromatic heterocycles. The van der Waals surface area contributed by atoms with Crippen molar-refractivity contribution in [1.82, 2.24) is 25.1 Å². The van der Waals surface area contributed by atoms with E-state index in [0.29, 0.717) is 44.2 Å². The molecule has 2 unspecified atom stereocenters. The van der Waals surface area contributed by atoms with E-state index >= 15 is 0 Å². The van der Waals surface area contributed by atoms with Crippen LogP contribution in [0.3, 0.4) is 0 Å². The number of aromatic nitrogens is 2. The smallest absolute Gasteiger partial charge is 0.410 e. The number of piperidine rings is 1. The number of ether oxygens (including phenoxy) is 3. The summed E-state index contributed by atoms with van der Waals surface area (Å²) in [5, 5.41) is 5.03. The van der Waals surface area contributed by atoms with Crippen molar-refractivity contribution >= 4 is 35.1 Å². The summed E-state index contributed by atoms with van der Waals surface area (Å²) in [7, 11) is 0. The van der Waals surface area contributed by atoms with Gasteiger partial charge in [-0.15, -0.1) is 0 Å². The van der Waals surface area contributed by atoms with Crippen LogP contribution in [0.5, 0.6) is 11.5 Å². The van der Waals surface area contributed by atoms with Gasteiger partial charge in [-0.2, -0.15) is 0 Å². The third-order valence-corrected chi connectivity index (χ3v) is 11.3. The van der Waals surface area contributed by atoms with Crippen LogP contribution in [0.2, 0.25) is 10.0 Å². The lowest BCUT2D eigenvalue weighted by Crippen LogP contribution is -2.51. The fourth-order valence-corrected chi connectivity index (χ4v) is 7.90. The topological polar surface area (TPSA) is 106 Å². The van der Waals surface area contributed by atoms with Gasteiger partial charge in [-0.1, -0.05) is 61.3 Å². The predicted octanol–water partition coefficient (Wildman–Crippen LogP) is 9.92. The fourth-order valence-electron chi connectivity index (χ4n) is 7.65. The molecule has 59 heavy (non-hydrogen) atoms. The van der Waals surface area contributed by atoms with E-state index in [1.807, 2.05) is 74.5 Å². The van der Waals surface area contributed by atoms with E-state index in [2.05, 4.69) is 44.5 Å². The van der Waals surface area contributed by atoms with Crippen LogP contribution in [0.25, 0.3) is 0 Å². The number of fused-ring (bicyclic) bond motifs is 2. The Morgan fingerprint density at radius 2 is 1.36 bits per heavy atom. The number of amides is 1. The van der Waals surface area contributed by atoms with Crippen molar-refractivity contribution in [2.45, 2.75) is 123 Å².